The molecule has 0 atom stereocenters. The van der Waals surface area contributed by atoms with Gasteiger partial charge in [-0.15, -0.1) is 0 Å². The highest BCUT2D eigenvalue weighted by Gasteiger charge is 2.18. The molecule has 1 aliphatic carbocycles. The van der Waals surface area contributed by atoms with Gasteiger partial charge >= 0.3 is 0 Å². The first-order valence-electron chi connectivity index (χ1n) is 5.86. The average Bonchev–Trinajstić information content (AvgIpc) is 2.69. The van der Waals surface area contributed by atoms with Crippen molar-refractivity contribution in [3.63, 3.8) is 0 Å². The van der Waals surface area contributed by atoms with Crippen molar-refractivity contribution in [1.29, 1.82) is 0 Å². The number of aromatic nitrogens is 2. The zero-order chi connectivity index (χ0) is 11.5. The summed E-state index contributed by atoms with van der Waals surface area (Å²) in [5.74, 6) is 1.64. The molecule has 2 rings (SSSR count). The Morgan fingerprint density at radius 2 is 2.00 bits per heavy atom. The Morgan fingerprint density at radius 3 is 2.62 bits per heavy atom. The lowest BCUT2D eigenvalue weighted by Crippen LogP contribution is -2.13. The summed E-state index contributed by atoms with van der Waals surface area (Å²) in [6, 6.07) is 1.70. The summed E-state index contributed by atoms with van der Waals surface area (Å²) in [5.41, 5.74) is 0. The number of hydrogen-bond donors (Lipinski definition) is 0. The monoisotopic (exact) mass is 240 g/mol. The molecule has 0 radical (unpaired) electrons. The van der Waals surface area contributed by atoms with Crippen LogP contribution in [0.5, 0.6) is 5.88 Å². The molecule has 16 heavy (non-hydrogen) atoms. The molecule has 1 aromatic rings. The topological polar surface area (TPSA) is 35.0 Å². The molecule has 0 bridgehead atoms. The summed E-state index contributed by atoms with van der Waals surface area (Å²) >= 11 is 5.95. The number of nitrogens with zero attached hydrogens (tertiary/aromatic N) is 2. The first-order valence-corrected chi connectivity index (χ1v) is 6.24. The minimum atomic E-state index is 0.268. The molecule has 4 heteroatoms. The molecule has 0 aromatic carbocycles. The van der Waals surface area contributed by atoms with Crippen LogP contribution >= 0.6 is 11.6 Å². The Morgan fingerprint density at radius 1 is 1.31 bits per heavy atom. The van der Waals surface area contributed by atoms with E-state index in [1.54, 1.807) is 6.07 Å². The quantitative estimate of drug-likeness (QED) is 0.758. The Labute approximate surface area is 101 Å². The lowest BCUT2D eigenvalue weighted by atomic mass is 10.2. The van der Waals surface area contributed by atoms with Crippen LogP contribution in [0.1, 0.15) is 51.3 Å². The Balaban J connectivity index is 2.13. The number of halogens is 1. The van der Waals surface area contributed by atoms with Gasteiger partial charge in [-0.1, -0.05) is 25.4 Å². The predicted octanol–water partition coefficient (Wildman–Crippen LogP) is 3.57. The van der Waals surface area contributed by atoms with Crippen LogP contribution in [0.15, 0.2) is 6.07 Å². The van der Waals surface area contributed by atoms with Gasteiger partial charge in [-0.25, -0.2) is 4.98 Å². The van der Waals surface area contributed by atoms with Gasteiger partial charge in [0.1, 0.15) is 17.1 Å². The van der Waals surface area contributed by atoms with Gasteiger partial charge in [-0.3, -0.25) is 0 Å². The van der Waals surface area contributed by atoms with Gasteiger partial charge in [-0.05, 0) is 25.7 Å². The molecule has 0 unspecified atom stereocenters. The van der Waals surface area contributed by atoms with Crippen LogP contribution < -0.4 is 4.74 Å². The van der Waals surface area contributed by atoms with E-state index >= 15 is 0 Å². The molecule has 1 aromatic heterocycles. The second-order valence-corrected chi connectivity index (χ2v) is 4.95. The summed E-state index contributed by atoms with van der Waals surface area (Å²) in [7, 11) is 0. The van der Waals surface area contributed by atoms with E-state index in [4.69, 9.17) is 16.3 Å². The minimum absolute atomic E-state index is 0.268. The summed E-state index contributed by atoms with van der Waals surface area (Å²) < 4.78 is 5.81. The molecule has 1 saturated carbocycles. The van der Waals surface area contributed by atoms with E-state index in [0.717, 1.165) is 18.7 Å². The van der Waals surface area contributed by atoms with E-state index in [1.165, 1.54) is 12.8 Å². The number of rotatable bonds is 3. The van der Waals surface area contributed by atoms with Crippen LogP contribution in [0, 0.1) is 0 Å². The predicted molar refractivity (Wildman–Crippen MR) is 64.0 cm³/mol. The zero-order valence-corrected chi connectivity index (χ0v) is 10.5. The van der Waals surface area contributed by atoms with Crippen molar-refractivity contribution in [2.75, 3.05) is 0 Å². The molecular weight excluding hydrogens is 224 g/mol. The van der Waals surface area contributed by atoms with E-state index in [0.29, 0.717) is 17.1 Å². The summed E-state index contributed by atoms with van der Waals surface area (Å²) in [4.78, 5) is 8.56. The van der Waals surface area contributed by atoms with Crippen LogP contribution in [0.4, 0.5) is 0 Å². The van der Waals surface area contributed by atoms with Crippen molar-refractivity contribution in [3.05, 3.63) is 17.0 Å². The van der Waals surface area contributed by atoms with Crippen LogP contribution in [-0.4, -0.2) is 16.1 Å². The fraction of sp³-hybridized carbons (Fsp3) is 0.667. The third kappa shape index (κ3) is 2.85. The standard InChI is InChI=1S/C12H17ClN2O/c1-8(2)12-14-10(13)7-11(15-12)16-9-5-3-4-6-9/h7-9H,3-6H2,1-2H3. The van der Waals surface area contributed by atoms with E-state index < -0.39 is 0 Å². The van der Waals surface area contributed by atoms with Crippen molar-refractivity contribution in [2.24, 2.45) is 0 Å². The zero-order valence-electron chi connectivity index (χ0n) is 9.74. The highest BCUT2D eigenvalue weighted by molar-refractivity contribution is 6.29. The van der Waals surface area contributed by atoms with E-state index in [2.05, 4.69) is 9.97 Å². The van der Waals surface area contributed by atoms with Gasteiger partial charge in [0.15, 0.2) is 0 Å². The average molecular weight is 241 g/mol. The van der Waals surface area contributed by atoms with Gasteiger partial charge in [0.05, 0.1) is 0 Å². The number of hydrogen-bond acceptors (Lipinski definition) is 3. The molecule has 0 N–H and O–H groups in total. The third-order valence-electron chi connectivity index (χ3n) is 2.79. The van der Waals surface area contributed by atoms with E-state index in [9.17, 15) is 0 Å². The first-order chi connectivity index (χ1) is 7.65. The molecule has 1 fully saturated rings. The van der Waals surface area contributed by atoms with E-state index in [1.807, 2.05) is 13.8 Å². The van der Waals surface area contributed by atoms with Gasteiger partial charge < -0.3 is 4.74 Å². The first kappa shape index (κ1) is 11.6. The van der Waals surface area contributed by atoms with E-state index in [-0.39, 0.29) is 5.92 Å². The van der Waals surface area contributed by atoms with Crippen molar-refractivity contribution < 1.29 is 4.74 Å². The van der Waals surface area contributed by atoms with Gasteiger partial charge in [-0.2, -0.15) is 4.98 Å². The molecule has 1 aliphatic rings. The molecule has 0 saturated heterocycles. The van der Waals surface area contributed by atoms with Gasteiger partial charge in [0, 0.05) is 12.0 Å². The van der Waals surface area contributed by atoms with Crippen molar-refractivity contribution >= 4 is 11.6 Å². The summed E-state index contributed by atoms with van der Waals surface area (Å²) in [6.45, 7) is 4.09. The Hall–Kier alpha value is -0.830. The lowest BCUT2D eigenvalue weighted by molar-refractivity contribution is 0.200. The maximum Gasteiger partial charge on any atom is 0.218 e. The smallest absolute Gasteiger partial charge is 0.218 e. The maximum absolute atomic E-state index is 5.95. The second kappa shape index (κ2) is 5.00. The molecule has 88 valence electrons. The fourth-order valence-electron chi connectivity index (χ4n) is 1.91. The van der Waals surface area contributed by atoms with Gasteiger partial charge in [0.2, 0.25) is 5.88 Å². The normalized spacial score (nSPS) is 17.0. The highest BCUT2D eigenvalue weighted by atomic mass is 35.5. The highest BCUT2D eigenvalue weighted by Crippen LogP contribution is 2.25. The Kier molecular flexibility index (Phi) is 3.64. The fourth-order valence-corrected chi connectivity index (χ4v) is 2.09. The second-order valence-electron chi connectivity index (χ2n) is 4.57. The SMILES string of the molecule is CC(C)c1nc(Cl)cc(OC2CCCC2)n1. The van der Waals surface area contributed by atoms with Crippen molar-refractivity contribution in [2.45, 2.75) is 51.6 Å². The van der Waals surface area contributed by atoms with Crippen LogP contribution in [-0.2, 0) is 0 Å². The lowest BCUT2D eigenvalue weighted by Gasteiger charge is -2.13. The molecule has 3 nitrogen and oxygen atoms in total. The van der Waals surface area contributed by atoms with Gasteiger partial charge in [0.25, 0.3) is 0 Å². The molecular formula is C12H17ClN2O. The van der Waals surface area contributed by atoms with Crippen LogP contribution in [0.2, 0.25) is 5.15 Å². The van der Waals surface area contributed by atoms with Crippen LogP contribution in [0.3, 0.4) is 0 Å². The van der Waals surface area contributed by atoms with Crippen molar-refractivity contribution in [3.8, 4) is 5.88 Å². The maximum atomic E-state index is 5.95. The number of ether oxygens (including phenoxy) is 1. The molecule has 1 heterocycles. The van der Waals surface area contributed by atoms with Crippen molar-refractivity contribution in [1.82, 2.24) is 9.97 Å². The summed E-state index contributed by atoms with van der Waals surface area (Å²) in [5, 5.41) is 0.465. The van der Waals surface area contributed by atoms with Crippen LogP contribution in [0.25, 0.3) is 0 Å². The largest absolute Gasteiger partial charge is 0.474 e. The minimum Gasteiger partial charge on any atom is -0.474 e. The molecule has 0 aliphatic heterocycles. The molecule has 0 spiro atoms. The third-order valence-corrected chi connectivity index (χ3v) is 2.99. The Bertz CT molecular complexity index is 362. The molecule has 0 amide bonds. The summed E-state index contributed by atoms with van der Waals surface area (Å²) in [6.07, 6.45) is 5.06.